The maximum Gasteiger partial charge on any atom is 0.250 e. The van der Waals surface area contributed by atoms with Gasteiger partial charge in [0.15, 0.2) is 0 Å². The number of hydrogen-bond acceptors (Lipinski definition) is 5. The Morgan fingerprint density at radius 1 is 1.16 bits per heavy atom. The average molecular weight is 372 g/mol. The van der Waals surface area contributed by atoms with Crippen LogP contribution in [0.3, 0.4) is 0 Å². The molecule has 2 aromatic rings. The molecule has 4 bridgehead atoms. The normalized spacial score (nSPS) is 33.2. The lowest BCUT2D eigenvalue weighted by molar-refractivity contribution is -0.111. The number of anilines is 1. The molecule has 6 rings (SSSR count). The van der Waals surface area contributed by atoms with Crippen LogP contribution in [0.1, 0.15) is 48.4 Å². The van der Waals surface area contributed by atoms with Gasteiger partial charge in [-0.3, -0.25) is 10.1 Å². The summed E-state index contributed by atoms with van der Waals surface area (Å²) in [7, 11) is 0. The molecule has 0 radical (unpaired) electrons. The Hall–Kier alpha value is -1.53. The lowest BCUT2D eigenvalue weighted by Gasteiger charge is -2.55. The molecule has 2 heterocycles. The van der Waals surface area contributed by atoms with E-state index in [1.807, 2.05) is 23.6 Å². The second-order valence-corrected chi connectivity index (χ2v) is 9.91. The van der Waals surface area contributed by atoms with Crippen LogP contribution in [-0.4, -0.2) is 16.1 Å². The molecule has 0 unspecified atom stereocenters. The van der Waals surface area contributed by atoms with Crippen molar-refractivity contribution in [2.24, 2.45) is 17.8 Å². The average Bonchev–Trinajstić information content (AvgIpc) is 3.23. The first-order valence-electron chi connectivity index (χ1n) is 9.05. The van der Waals surface area contributed by atoms with Crippen LogP contribution in [0.25, 0.3) is 6.08 Å². The summed E-state index contributed by atoms with van der Waals surface area (Å²) in [6, 6.07) is 3.97. The van der Waals surface area contributed by atoms with E-state index in [1.165, 1.54) is 38.5 Å². The molecule has 4 nitrogen and oxygen atoms in total. The van der Waals surface area contributed by atoms with Crippen LogP contribution < -0.4 is 5.32 Å². The molecule has 4 fully saturated rings. The van der Waals surface area contributed by atoms with E-state index in [0.29, 0.717) is 5.13 Å². The van der Waals surface area contributed by atoms with E-state index in [4.69, 9.17) is 0 Å². The molecule has 4 saturated carbocycles. The highest BCUT2D eigenvalue weighted by Crippen LogP contribution is 2.61. The van der Waals surface area contributed by atoms with E-state index in [1.54, 1.807) is 28.7 Å². The lowest BCUT2D eigenvalue weighted by atomic mass is 9.50. The summed E-state index contributed by atoms with van der Waals surface area (Å²) in [6.45, 7) is 0. The number of carbonyl (C=O) groups is 1. The molecule has 0 spiro atoms. The summed E-state index contributed by atoms with van der Waals surface area (Å²) in [5.41, 5.74) is 0.252. The van der Waals surface area contributed by atoms with Crippen LogP contribution in [0.5, 0.6) is 0 Å². The first-order chi connectivity index (χ1) is 12.2. The summed E-state index contributed by atoms with van der Waals surface area (Å²) in [5, 5.41) is 15.4. The maximum absolute atomic E-state index is 12.1. The van der Waals surface area contributed by atoms with E-state index in [0.717, 1.165) is 27.6 Å². The predicted molar refractivity (Wildman–Crippen MR) is 102 cm³/mol. The van der Waals surface area contributed by atoms with Gasteiger partial charge in [0.05, 0.1) is 0 Å². The van der Waals surface area contributed by atoms with Crippen LogP contribution in [0.4, 0.5) is 5.13 Å². The third-order valence-corrected chi connectivity index (χ3v) is 8.01. The summed E-state index contributed by atoms with van der Waals surface area (Å²) in [5.74, 6) is 2.53. The number of hydrogen-bond donors (Lipinski definition) is 1. The minimum atomic E-state index is -0.137. The Balaban J connectivity index is 1.30. The third kappa shape index (κ3) is 2.95. The summed E-state index contributed by atoms with van der Waals surface area (Å²) >= 11 is 3.20. The number of nitrogens with one attached hydrogen (secondary N) is 1. The van der Waals surface area contributed by atoms with E-state index in [9.17, 15) is 4.79 Å². The molecule has 25 heavy (non-hydrogen) atoms. The van der Waals surface area contributed by atoms with Gasteiger partial charge in [0, 0.05) is 16.4 Å². The van der Waals surface area contributed by atoms with Gasteiger partial charge in [0.1, 0.15) is 5.01 Å². The van der Waals surface area contributed by atoms with Gasteiger partial charge in [-0.1, -0.05) is 17.4 Å². The summed E-state index contributed by atoms with van der Waals surface area (Å²) in [6.07, 6.45) is 11.5. The van der Waals surface area contributed by atoms with Crippen molar-refractivity contribution >= 4 is 39.8 Å². The lowest BCUT2D eigenvalue weighted by Crippen LogP contribution is -2.48. The SMILES string of the molecule is O=C(/C=C/c1cccs1)Nc1nnc(C23CC4CC(CC(C4)C2)C3)s1. The van der Waals surface area contributed by atoms with Crippen molar-refractivity contribution in [1.82, 2.24) is 10.2 Å². The summed E-state index contributed by atoms with van der Waals surface area (Å²) < 4.78 is 0. The predicted octanol–water partition coefficient (Wildman–Crippen LogP) is 4.72. The topological polar surface area (TPSA) is 54.9 Å². The molecule has 2 aromatic heterocycles. The monoisotopic (exact) mass is 371 g/mol. The second kappa shape index (κ2) is 6.02. The first kappa shape index (κ1) is 15.7. The van der Waals surface area contributed by atoms with Crippen LogP contribution in [0.2, 0.25) is 0 Å². The molecular weight excluding hydrogens is 350 g/mol. The number of rotatable bonds is 4. The highest BCUT2D eigenvalue weighted by atomic mass is 32.1. The Morgan fingerprint density at radius 2 is 1.88 bits per heavy atom. The molecule has 1 amide bonds. The van der Waals surface area contributed by atoms with Crippen molar-refractivity contribution in [1.29, 1.82) is 0 Å². The zero-order valence-corrected chi connectivity index (χ0v) is 15.6. The standard InChI is InChI=1S/C19H21N3OS2/c23-16(4-3-15-2-1-5-24-15)20-18-22-21-17(25-18)19-9-12-6-13(10-19)8-14(7-12)11-19/h1-5,12-14H,6-11H2,(H,20,22,23)/b4-3+. The number of amides is 1. The molecule has 0 saturated heterocycles. The Kier molecular flexibility index (Phi) is 3.78. The van der Waals surface area contributed by atoms with Crippen LogP contribution in [0.15, 0.2) is 23.6 Å². The molecule has 0 aliphatic heterocycles. The quantitative estimate of drug-likeness (QED) is 0.791. The molecule has 130 valence electrons. The minimum Gasteiger partial charge on any atom is -0.297 e. The highest BCUT2D eigenvalue weighted by molar-refractivity contribution is 7.15. The van der Waals surface area contributed by atoms with Crippen LogP contribution in [-0.2, 0) is 10.2 Å². The number of carbonyl (C=O) groups excluding carboxylic acids is 1. The molecule has 4 aliphatic carbocycles. The van der Waals surface area contributed by atoms with E-state index in [-0.39, 0.29) is 11.3 Å². The molecule has 4 aliphatic rings. The first-order valence-corrected chi connectivity index (χ1v) is 10.7. The largest absolute Gasteiger partial charge is 0.297 e. The van der Waals surface area contributed by atoms with Gasteiger partial charge < -0.3 is 0 Å². The highest BCUT2D eigenvalue weighted by Gasteiger charge is 2.53. The van der Waals surface area contributed by atoms with E-state index < -0.39 is 0 Å². The zero-order valence-electron chi connectivity index (χ0n) is 14.0. The van der Waals surface area contributed by atoms with Crippen molar-refractivity contribution in [3.8, 4) is 0 Å². The molecule has 0 atom stereocenters. The van der Waals surface area contributed by atoms with Crippen molar-refractivity contribution in [3.05, 3.63) is 33.5 Å². The fraction of sp³-hybridized carbons (Fsp3) is 0.526. The zero-order chi connectivity index (χ0) is 16.9. The fourth-order valence-electron chi connectivity index (χ4n) is 5.55. The number of thiophene rings is 1. The summed E-state index contributed by atoms with van der Waals surface area (Å²) in [4.78, 5) is 13.2. The molecule has 1 N–H and O–H groups in total. The number of aromatic nitrogens is 2. The van der Waals surface area contributed by atoms with E-state index >= 15 is 0 Å². The van der Waals surface area contributed by atoms with Gasteiger partial charge >= 0.3 is 0 Å². The van der Waals surface area contributed by atoms with Crippen LogP contribution in [0, 0.1) is 17.8 Å². The Labute approximate surface area is 155 Å². The Bertz CT molecular complexity index is 773. The van der Waals surface area contributed by atoms with Gasteiger partial charge in [-0.25, -0.2) is 0 Å². The van der Waals surface area contributed by atoms with Crippen LogP contribution >= 0.6 is 22.7 Å². The van der Waals surface area contributed by atoms with Crippen molar-refractivity contribution < 1.29 is 4.79 Å². The van der Waals surface area contributed by atoms with Gasteiger partial charge in [-0.15, -0.1) is 21.5 Å². The molecular formula is C19H21N3OS2. The van der Waals surface area contributed by atoms with Gasteiger partial charge in [0.25, 0.3) is 0 Å². The Morgan fingerprint density at radius 3 is 2.52 bits per heavy atom. The smallest absolute Gasteiger partial charge is 0.250 e. The minimum absolute atomic E-state index is 0.137. The molecule has 0 aromatic carbocycles. The maximum atomic E-state index is 12.1. The number of nitrogens with zero attached hydrogens (tertiary/aromatic N) is 2. The van der Waals surface area contributed by atoms with Crippen molar-refractivity contribution in [2.75, 3.05) is 5.32 Å². The molecule has 6 heteroatoms. The van der Waals surface area contributed by atoms with Gasteiger partial charge in [-0.05, 0) is 73.8 Å². The van der Waals surface area contributed by atoms with Crippen molar-refractivity contribution in [2.45, 2.75) is 43.9 Å². The third-order valence-electron chi connectivity index (χ3n) is 6.09. The van der Waals surface area contributed by atoms with Crippen molar-refractivity contribution in [3.63, 3.8) is 0 Å². The fourth-order valence-corrected chi connectivity index (χ4v) is 7.13. The van der Waals surface area contributed by atoms with Gasteiger partial charge in [-0.2, -0.15) is 0 Å². The van der Waals surface area contributed by atoms with Gasteiger partial charge in [0.2, 0.25) is 11.0 Å². The van der Waals surface area contributed by atoms with E-state index in [2.05, 4.69) is 15.5 Å². The second-order valence-electron chi connectivity index (χ2n) is 7.95.